The average molecular weight is 284 g/mol. The second kappa shape index (κ2) is 5.11. The van der Waals surface area contributed by atoms with Crippen LogP contribution >= 0.6 is 24.0 Å². The van der Waals surface area contributed by atoms with Crippen molar-refractivity contribution < 1.29 is 14.4 Å². The monoisotopic (exact) mass is 284 g/mol. The second-order valence-corrected chi connectivity index (χ2v) is 5.45. The predicted octanol–water partition coefficient (Wildman–Crippen LogP) is 0.914. The topological polar surface area (TPSA) is 66.5 Å². The number of piperidine rings is 1. The highest BCUT2D eigenvalue weighted by Crippen LogP contribution is 2.18. The third-order valence-corrected chi connectivity index (χ3v) is 4.13. The van der Waals surface area contributed by atoms with Crippen LogP contribution < -0.4 is 5.32 Å². The number of imide groups is 1. The van der Waals surface area contributed by atoms with Crippen molar-refractivity contribution in [2.24, 2.45) is 0 Å². The van der Waals surface area contributed by atoms with Gasteiger partial charge in [-0.15, -0.1) is 24.0 Å². The molecule has 0 aromatic carbocycles. The summed E-state index contributed by atoms with van der Waals surface area (Å²) in [5, 5.41) is 4.39. The third-order valence-electron chi connectivity index (χ3n) is 2.76. The van der Waals surface area contributed by atoms with Crippen molar-refractivity contribution in [3.05, 3.63) is 16.3 Å². The highest BCUT2D eigenvalue weighted by atomic mass is 32.1. The molecule has 1 unspecified atom stereocenters. The van der Waals surface area contributed by atoms with Crippen LogP contribution in [0.1, 0.15) is 22.5 Å². The normalized spacial score (nSPS) is 20.1. The zero-order chi connectivity index (χ0) is 13.3. The Morgan fingerprint density at radius 3 is 2.89 bits per heavy atom. The second-order valence-electron chi connectivity index (χ2n) is 4.02. The fourth-order valence-electron chi connectivity index (χ4n) is 1.72. The molecule has 3 amide bonds. The number of hydrogen-bond acceptors (Lipinski definition) is 5. The molecule has 0 bridgehead atoms. The van der Waals surface area contributed by atoms with E-state index in [-0.39, 0.29) is 24.1 Å². The van der Waals surface area contributed by atoms with E-state index in [1.807, 2.05) is 0 Å². The van der Waals surface area contributed by atoms with E-state index in [1.165, 1.54) is 18.4 Å². The number of rotatable bonds is 2. The molecule has 1 aliphatic rings. The summed E-state index contributed by atoms with van der Waals surface area (Å²) in [5.74, 6) is -0.872. The Morgan fingerprint density at radius 2 is 2.28 bits per heavy atom. The van der Waals surface area contributed by atoms with Gasteiger partial charge < -0.3 is 5.32 Å². The number of nitrogens with zero attached hydrogens (tertiary/aromatic N) is 1. The molecule has 1 N–H and O–H groups in total. The van der Waals surface area contributed by atoms with Gasteiger partial charge in [-0.25, -0.2) is 0 Å². The molecule has 0 spiro atoms. The van der Waals surface area contributed by atoms with Crippen molar-refractivity contribution in [3.8, 4) is 0 Å². The highest BCUT2D eigenvalue weighted by Gasteiger charge is 2.32. The summed E-state index contributed by atoms with van der Waals surface area (Å²) in [6.07, 6.45) is 0.627. The van der Waals surface area contributed by atoms with Crippen LogP contribution in [0.2, 0.25) is 0 Å². The van der Waals surface area contributed by atoms with Crippen LogP contribution in [0.3, 0.4) is 0 Å². The smallest absolute Gasteiger partial charge is 0.262 e. The molecule has 1 saturated heterocycles. The summed E-state index contributed by atoms with van der Waals surface area (Å²) in [5.41, 5.74) is 0. The van der Waals surface area contributed by atoms with Crippen LogP contribution in [-0.2, 0) is 9.59 Å². The van der Waals surface area contributed by atoms with Gasteiger partial charge in [-0.1, -0.05) is 0 Å². The van der Waals surface area contributed by atoms with Crippen molar-refractivity contribution in [2.75, 3.05) is 7.05 Å². The minimum atomic E-state index is -0.620. The van der Waals surface area contributed by atoms with E-state index in [0.29, 0.717) is 16.2 Å². The van der Waals surface area contributed by atoms with E-state index in [2.05, 4.69) is 17.9 Å². The third kappa shape index (κ3) is 2.56. The Hall–Kier alpha value is -1.34. The number of likely N-dealkylation sites (N-methyl/N-ethyl adjacent to an activating group) is 1. The molecule has 2 heterocycles. The lowest BCUT2D eigenvalue weighted by Crippen LogP contribution is -2.52. The maximum Gasteiger partial charge on any atom is 0.262 e. The Labute approximate surface area is 114 Å². The highest BCUT2D eigenvalue weighted by molar-refractivity contribution is 7.80. The summed E-state index contributed by atoms with van der Waals surface area (Å²) in [6, 6.07) is 1.02. The Bertz CT molecular complexity index is 512. The first-order valence-corrected chi connectivity index (χ1v) is 6.70. The zero-order valence-corrected chi connectivity index (χ0v) is 11.4. The minimum Gasteiger partial charge on any atom is -0.340 e. The number of hydrogen-bond donors (Lipinski definition) is 2. The first kappa shape index (κ1) is 13.1. The van der Waals surface area contributed by atoms with Crippen molar-refractivity contribution in [1.82, 2.24) is 10.2 Å². The molecule has 2 rings (SSSR count). The molecule has 96 valence electrons. The molecular weight excluding hydrogens is 272 g/mol. The van der Waals surface area contributed by atoms with Gasteiger partial charge in [0.05, 0.1) is 4.88 Å². The lowest BCUT2D eigenvalue weighted by molar-refractivity contribution is -0.147. The van der Waals surface area contributed by atoms with Crippen LogP contribution in [0, 0.1) is 0 Å². The average Bonchev–Trinajstić information content (AvgIpc) is 2.77. The van der Waals surface area contributed by atoms with Gasteiger partial charge in [0.1, 0.15) is 6.04 Å². The van der Waals surface area contributed by atoms with E-state index < -0.39 is 6.04 Å². The maximum absolute atomic E-state index is 11.9. The molecule has 1 fully saturated rings. The maximum atomic E-state index is 11.9. The number of nitrogens with one attached hydrogen (secondary N) is 1. The number of amides is 3. The summed E-state index contributed by atoms with van der Waals surface area (Å²) >= 11 is 5.39. The van der Waals surface area contributed by atoms with Gasteiger partial charge in [0.25, 0.3) is 11.8 Å². The minimum absolute atomic E-state index is 0.209. The first-order chi connectivity index (χ1) is 8.49. The lowest BCUT2D eigenvalue weighted by Gasteiger charge is -2.27. The van der Waals surface area contributed by atoms with Crippen molar-refractivity contribution in [1.29, 1.82) is 0 Å². The van der Waals surface area contributed by atoms with E-state index in [9.17, 15) is 14.4 Å². The van der Waals surface area contributed by atoms with E-state index in [0.717, 1.165) is 4.90 Å². The molecule has 1 aromatic heterocycles. The number of thiol groups is 1. The molecular formula is C11H12N2O3S2. The van der Waals surface area contributed by atoms with Gasteiger partial charge in [-0.05, 0) is 12.5 Å². The van der Waals surface area contributed by atoms with Gasteiger partial charge in [0, 0.05) is 23.7 Å². The Morgan fingerprint density at radius 1 is 1.56 bits per heavy atom. The number of carbonyl (C=O) groups is 3. The Kier molecular flexibility index (Phi) is 3.72. The number of carbonyl (C=O) groups excluding carboxylic acids is 3. The fourth-order valence-corrected chi connectivity index (χ4v) is 2.78. The van der Waals surface area contributed by atoms with Gasteiger partial charge in [0.15, 0.2) is 0 Å². The first-order valence-electron chi connectivity index (χ1n) is 5.38. The molecule has 7 heteroatoms. The van der Waals surface area contributed by atoms with Crippen LogP contribution in [-0.4, -0.2) is 35.7 Å². The molecule has 1 atom stereocenters. The van der Waals surface area contributed by atoms with Gasteiger partial charge >= 0.3 is 0 Å². The van der Waals surface area contributed by atoms with E-state index in [4.69, 9.17) is 0 Å². The molecule has 18 heavy (non-hydrogen) atoms. The molecule has 0 aliphatic carbocycles. The summed E-state index contributed by atoms with van der Waals surface area (Å²) in [7, 11) is 1.43. The van der Waals surface area contributed by atoms with Crippen LogP contribution in [0.25, 0.3) is 0 Å². The number of thiophene rings is 1. The van der Waals surface area contributed by atoms with Crippen molar-refractivity contribution >= 4 is 41.7 Å². The standard InChI is InChI=1S/C11H12N2O3S2/c1-13-9(14)3-2-7(11(13)16)12-10(15)8-4-6(17)5-18-8/h4-5,7,17H,2-3H2,1H3,(H,12,15). The fraction of sp³-hybridized carbons (Fsp3) is 0.364. The van der Waals surface area contributed by atoms with Crippen LogP contribution in [0.4, 0.5) is 0 Å². The summed E-state index contributed by atoms with van der Waals surface area (Å²) in [4.78, 5) is 37.2. The summed E-state index contributed by atoms with van der Waals surface area (Å²) < 4.78 is 0. The van der Waals surface area contributed by atoms with Crippen LogP contribution in [0.5, 0.6) is 0 Å². The summed E-state index contributed by atoms with van der Waals surface area (Å²) in [6.45, 7) is 0. The zero-order valence-electron chi connectivity index (χ0n) is 9.67. The Balaban J connectivity index is 2.04. The van der Waals surface area contributed by atoms with Crippen LogP contribution in [0.15, 0.2) is 16.3 Å². The van der Waals surface area contributed by atoms with Crippen molar-refractivity contribution in [3.63, 3.8) is 0 Å². The van der Waals surface area contributed by atoms with Crippen molar-refractivity contribution in [2.45, 2.75) is 23.8 Å². The van der Waals surface area contributed by atoms with Gasteiger partial charge in [0.2, 0.25) is 5.91 Å². The SMILES string of the molecule is CN1C(=O)CCC(NC(=O)c2cc(S)cs2)C1=O. The molecule has 1 aliphatic heterocycles. The quantitative estimate of drug-likeness (QED) is 0.627. The molecule has 0 saturated carbocycles. The van der Waals surface area contributed by atoms with E-state index >= 15 is 0 Å². The van der Waals surface area contributed by atoms with Gasteiger partial charge in [-0.2, -0.15) is 0 Å². The molecule has 1 aromatic rings. The van der Waals surface area contributed by atoms with E-state index in [1.54, 1.807) is 11.4 Å². The molecule has 0 radical (unpaired) electrons. The largest absolute Gasteiger partial charge is 0.340 e. The van der Waals surface area contributed by atoms with Gasteiger partial charge in [-0.3, -0.25) is 19.3 Å². The lowest BCUT2D eigenvalue weighted by atomic mass is 10.0. The number of likely N-dealkylation sites (tertiary alicyclic amines) is 1. The predicted molar refractivity (Wildman–Crippen MR) is 69.8 cm³/mol. The molecule has 5 nitrogen and oxygen atoms in total.